The molecule has 0 unspecified atom stereocenters. The van der Waals surface area contributed by atoms with Crippen molar-refractivity contribution >= 4 is 5.69 Å². The summed E-state index contributed by atoms with van der Waals surface area (Å²) in [5, 5.41) is 8.01. The smallest absolute Gasteiger partial charge is 0.0895 e. The second-order valence-electron chi connectivity index (χ2n) is 5.75. The van der Waals surface area contributed by atoms with E-state index >= 15 is 0 Å². The van der Waals surface area contributed by atoms with Gasteiger partial charge in [0.15, 0.2) is 0 Å². The van der Waals surface area contributed by atoms with Crippen LogP contribution in [0.4, 0.5) is 5.69 Å². The molecule has 0 bridgehead atoms. The van der Waals surface area contributed by atoms with E-state index in [4.69, 9.17) is 4.74 Å². The SMILES string of the molecule is Cn1cc([C@@H]2Nc3ccccc3[C@H]3OCCC[C@@H]32)cn1. The minimum Gasteiger partial charge on any atom is -0.377 e. The van der Waals surface area contributed by atoms with E-state index in [1.807, 2.05) is 17.9 Å². The summed E-state index contributed by atoms with van der Waals surface area (Å²) in [7, 11) is 1.97. The van der Waals surface area contributed by atoms with Gasteiger partial charge in [0.25, 0.3) is 0 Å². The maximum Gasteiger partial charge on any atom is 0.0895 e. The van der Waals surface area contributed by atoms with Crippen molar-refractivity contribution in [3.63, 3.8) is 0 Å². The van der Waals surface area contributed by atoms with Gasteiger partial charge in [-0.15, -0.1) is 0 Å². The fourth-order valence-electron chi connectivity index (χ4n) is 3.55. The third-order valence-corrected chi connectivity index (χ3v) is 4.46. The standard InChI is InChI=1S/C16H19N3O/c1-19-10-11(9-17-19)15-13-6-4-8-20-16(13)12-5-2-3-7-14(12)18-15/h2-3,5,7,9-10,13,15-16,18H,4,6,8H2,1H3/t13-,15+,16-/m1/s1. The number of aryl methyl sites for hydroxylation is 1. The Balaban J connectivity index is 1.77. The van der Waals surface area contributed by atoms with Crippen LogP contribution in [0.2, 0.25) is 0 Å². The van der Waals surface area contributed by atoms with E-state index in [1.54, 1.807) is 0 Å². The van der Waals surface area contributed by atoms with E-state index in [1.165, 1.54) is 23.2 Å². The first-order valence-corrected chi connectivity index (χ1v) is 7.28. The Morgan fingerprint density at radius 3 is 3.10 bits per heavy atom. The molecule has 2 aliphatic rings. The van der Waals surface area contributed by atoms with Gasteiger partial charge in [0.05, 0.1) is 18.3 Å². The summed E-state index contributed by atoms with van der Waals surface area (Å²) in [6, 6.07) is 8.80. The molecule has 0 aliphatic carbocycles. The molecule has 104 valence electrons. The van der Waals surface area contributed by atoms with Gasteiger partial charge in [-0.3, -0.25) is 4.68 Å². The van der Waals surface area contributed by atoms with E-state index < -0.39 is 0 Å². The molecule has 3 atom stereocenters. The van der Waals surface area contributed by atoms with Crippen LogP contribution < -0.4 is 5.32 Å². The van der Waals surface area contributed by atoms with Gasteiger partial charge < -0.3 is 10.1 Å². The maximum atomic E-state index is 6.10. The van der Waals surface area contributed by atoms with Crippen molar-refractivity contribution in [3.8, 4) is 0 Å². The highest BCUT2D eigenvalue weighted by Crippen LogP contribution is 2.48. The van der Waals surface area contributed by atoms with Gasteiger partial charge in [-0.05, 0) is 18.9 Å². The first-order valence-electron chi connectivity index (χ1n) is 7.28. The number of anilines is 1. The van der Waals surface area contributed by atoms with Crippen LogP contribution >= 0.6 is 0 Å². The molecule has 4 nitrogen and oxygen atoms in total. The van der Waals surface area contributed by atoms with Crippen LogP contribution in [0.5, 0.6) is 0 Å². The van der Waals surface area contributed by atoms with Crippen LogP contribution in [0.1, 0.15) is 36.1 Å². The first kappa shape index (κ1) is 12.0. The van der Waals surface area contributed by atoms with E-state index in [-0.39, 0.29) is 6.10 Å². The van der Waals surface area contributed by atoms with Crippen molar-refractivity contribution in [2.24, 2.45) is 13.0 Å². The number of benzene rings is 1. The van der Waals surface area contributed by atoms with Crippen LogP contribution in [0.3, 0.4) is 0 Å². The first-order chi connectivity index (χ1) is 9.83. The second kappa shape index (κ2) is 4.63. The molecule has 20 heavy (non-hydrogen) atoms. The molecule has 0 amide bonds. The minimum absolute atomic E-state index is 0.214. The molecular formula is C16H19N3O. The highest BCUT2D eigenvalue weighted by molar-refractivity contribution is 5.56. The van der Waals surface area contributed by atoms with E-state index in [0.717, 1.165) is 13.0 Å². The van der Waals surface area contributed by atoms with Crippen LogP contribution in [-0.4, -0.2) is 16.4 Å². The number of aromatic nitrogens is 2. The molecule has 1 N–H and O–H groups in total. The average molecular weight is 269 g/mol. The monoisotopic (exact) mass is 269 g/mol. The molecule has 2 aliphatic heterocycles. The van der Waals surface area contributed by atoms with Gasteiger partial charge in [0.2, 0.25) is 0 Å². The summed E-state index contributed by atoms with van der Waals surface area (Å²) in [5.74, 6) is 0.489. The number of hydrogen-bond acceptors (Lipinski definition) is 3. The number of nitrogens with zero attached hydrogens (tertiary/aromatic N) is 2. The molecule has 1 saturated heterocycles. The molecule has 1 aromatic carbocycles. The van der Waals surface area contributed by atoms with Crippen LogP contribution in [0, 0.1) is 5.92 Å². The van der Waals surface area contributed by atoms with Crippen molar-refractivity contribution in [1.29, 1.82) is 0 Å². The molecule has 4 heteroatoms. The number of rotatable bonds is 1. The number of fused-ring (bicyclic) bond motifs is 3. The zero-order valence-electron chi connectivity index (χ0n) is 11.6. The Morgan fingerprint density at radius 2 is 2.25 bits per heavy atom. The van der Waals surface area contributed by atoms with E-state index in [2.05, 4.69) is 40.9 Å². The molecule has 1 fully saturated rings. The normalized spacial score (nSPS) is 28.4. The largest absolute Gasteiger partial charge is 0.377 e. The van der Waals surface area contributed by atoms with Gasteiger partial charge in [0, 0.05) is 42.6 Å². The summed E-state index contributed by atoms with van der Waals surface area (Å²) < 4.78 is 7.97. The zero-order chi connectivity index (χ0) is 13.5. The molecule has 1 aromatic heterocycles. The Labute approximate surface area is 118 Å². The average Bonchev–Trinajstić information content (AvgIpc) is 2.93. The summed E-state index contributed by atoms with van der Waals surface area (Å²) in [4.78, 5) is 0. The lowest BCUT2D eigenvalue weighted by Gasteiger charge is -2.42. The topological polar surface area (TPSA) is 39.1 Å². The zero-order valence-corrected chi connectivity index (χ0v) is 11.6. The summed E-state index contributed by atoms with van der Waals surface area (Å²) in [5.41, 5.74) is 3.75. The quantitative estimate of drug-likeness (QED) is 0.865. The van der Waals surface area contributed by atoms with E-state index in [9.17, 15) is 0 Å². The van der Waals surface area contributed by atoms with Crippen molar-refractivity contribution in [2.45, 2.75) is 25.0 Å². The number of ether oxygens (including phenoxy) is 1. The van der Waals surface area contributed by atoms with Gasteiger partial charge in [-0.2, -0.15) is 5.10 Å². The Bertz CT molecular complexity index is 622. The lowest BCUT2D eigenvalue weighted by atomic mass is 9.78. The van der Waals surface area contributed by atoms with Crippen molar-refractivity contribution in [1.82, 2.24) is 9.78 Å². The molecule has 0 saturated carbocycles. The predicted octanol–water partition coefficient (Wildman–Crippen LogP) is 3.05. The van der Waals surface area contributed by atoms with Crippen LogP contribution in [0.15, 0.2) is 36.7 Å². The molecule has 0 spiro atoms. The van der Waals surface area contributed by atoms with E-state index in [0.29, 0.717) is 12.0 Å². The van der Waals surface area contributed by atoms with Crippen LogP contribution in [0.25, 0.3) is 0 Å². The fourth-order valence-corrected chi connectivity index (χ4v) is 3.55. The highest BCUT2D eigenvalue weighted by atomic mass is 16.5. The third kappa shape index (κ3) is 1.83. The van der Waals surface area contributed by atoms with Crippen molar-refractivity contribution in [2.75, 3.05) is 11.9 Å². The molecule has 0 radical (unpaired) electrons. The maximum absolute atomic E-state index is 6.10. The molecular weight excluding hydrogens is 250 g/mol. The summed E-state index contributed by atoms with van der Waals surface area (Å²) >= 11 is 0. The number of hydrogen-bond donors (Lipinski definition) is 1. The third-order valence-electron chi connectivity index (χ3n) is 4.46. The predicted molar refractivity (Wildman–Crippen MR) is 77.4 cm³/mol. The lowest BCUT2D eigenvalue weighted by molar-refractivity contribution is -0.0381. The Kier molecular flexibility index (Phi) is 2.77. The second-order valence-corrected chi connectivity index (χ2v) is 5.75. The fraction of sp³-hybridized carbons (Fsp3) is 0.438. The van der Waals surface area contributed by atoms with Gasteiger partial charge in [-0.25, -0.2) is 0 Å². The van der Waals surface area contributed by atoms with Gasteiger partial charge in [-0.1, -0.05) is 18.2 Å². The highest BCUT2D eigenvalue weighted by Gasteiger charge is 2.39. The number of nitrogens with one attached hydrogen (secondary N) is 1. The summed E-state index contributed by atoms with van der Waals surface area (Å²) in [6.07, 6.45) is 6.63. The Morgan fingerprint density at radius 1 is 1.35 bits per heavy atom. The van der Waals surface area contributed by atoms with Crippen molar-refractivity contribution < 1.29 is 4.74 Å². The lowest BCUT2D eigenvalue weighted by Crippen LogP contribution is -2.35. The molecule has 2 aromatic rings. The molecule has 3 heterocycles. The molecule has 4 rings (SSSR count). The van der Waals surface area contributed by atoms with Gasteiger partial charge in [0.1, 0.15) is 0 Å². The Hall–Kier alpha value is -1.81. The van der Waals surface area contributed by atoms with Gasteiger partial charge >= 0.3 is 0 Å². The summed E-state index contributed by atoms with van der Waals surface area (Å²) in [6.45, 7) is 0.870. The number of para-hydroxylation sites is 1. The minimum atomic E-state index is 0.214. The van der Waals surface area contributed by atoms with Crippen molar-refractivity contribution in [3.05, 3.63) is 47.8 Å². The van der Waals surface area contributed by atoms with Crippen LogP contribution in [-0.2, 0) is 11.8 Å².